The molecule has 8 nitrogen and oxygen atoms in total. The van der Waals surface area contributed by atoms with Crippen LogP contribution in [0.3, 0.4) is 0 Å². The summed E-state index contributed by atoms with van der Waals surface area (Å²) >= 11 is 0. The predicted molar refractivity (Wildman–Crippen MR) is 114 cm³/mol. The zero-order chi connectivity index (χ0) is 21.3. The van der Waals surface area contributed by atoms with Crippen LogP contribution in [0.25, 0.3) is 10.9 Å². The number of aryl methyl sites for hydroxylation is 1. The predicted octanol–water partition coefficient (Wildman–Crippen LogP) is 2.01. The van der Waals surface area contributed by atoms with Gasteiger partial charge in [0.25, 0.3) is 11.5 Å². The molecule has 156 valence electrons. The number of ether oxygens (including phenoxy) is 1. The van der Waals surface area contributed by atoms with Gasteiger partial charge in [-0.3, -0.25) is 9.59 Å². The number of aromatic nitrogens is 2. The van der Waals surface area contributed by atoms with E-state index in [1.54, 1.807) is 37.2 Å². The number of anilines is 1. The number of esters is 1. The average Bonchev–Trinajstić information content (AvgIpc) is 3.31. The minimum absolute atomic E-state index is 0.0437. The van der Waals surface area contributed by atoms with E-state index in [1.165, 1.54) is 4.57 Å². The average molecular weight is 408 g/mol. The molecule has 30 heavy (non-hydrogen) atoms. The third-order valence-corrected chi connectivity index (χ3v) is 5.47. The second-order valence-electron chi connectivity index (χ2n) is 7.19. The molecule has 1 amide bonds. The number of nitrogens with one attached hydrogen (secondary N) is 1. The quantitative estimate of drug-likeness (QED) is 0.668. The maximum Gasteiger partial charge on any atom is 0.345 e. The van der Waals surface area contributed by atoms with Crippen LogP contribution in [0.15, 0.2) is 47.4 Å². The Bertz CT molecular complexity index is 1140. The van der Waals surface area contributed by atoms with Crippen molar-refractivity contribution >= 4 is 28.5 Å². The maximum atomic E-state index is 13.1. The lowest BCUT2D eigenvalue weighted by atomic mass is 10.1. The number of hydrogen-bond acceptors (Lipinski definition) is 5. The first kappa shape index (κ1) is 19.8. The first-order chi connectivity index (χ1) is 14.5. The Kier molecular flexibility index (Phi) is 5.31. The summed E-state index contributed by atoms with van der Waals surface area (Å²) in [5.41, 5.74) is 1.54. The number of carbonyl (C=O) groups is 2. The second kappa shape index (κ2) is 8.06. The minimum Gasteiger partial charge on any atom is -0.462 e. The highest BCUT2D eigenvalue weighted by Gasteiger charge is 2.29. The molecule has 1 aromatic carbocycles. The van der Waals surface area contributed by atoms with E-state index in [1.807, 2.05) is 29.2 Å². The number of piperazine rings is 1. The Labute approximate surface area is 173 Å². The van der Waals surface area contributed by atoms with E-state index in [2.05, 4.69) is 4.98 Å². The highest BCUT2D eigenvalue weighted by atomic mass is 16.5. The first-order valence-corrected chi connectivity index (χ1v) is 9.99. The van der Waals surface area contributed by atoms with Crippen molar-refractivity contribution < 1.29 is 14.3 Å². The van der Waals surface area contributed by atoms with Gasteiger partial charge >= 0.3 is 5.97 Å². The zero-order valence-electron chi connectivity index (χ0n) is 17.1. The second-order valence-corrected chi connectivity index (χ2v) is 7.19. The van der Waals surface area contributed by atoms with E-state index >= 15 is 0 Å². The van der Waals surface area contributed by atoms with Crippen LogP contribution < -0.4 is 10.5 Å². The van der Waals surface area contributed by atoms with Gasteiger partial charge in [0.2, 0.25) is 0 Å². The smallest absolute Gasteiger partial charge is 0.345 e. The Morgan fingerprint density at radius 1 is 1.07 bits per heavy atom. The lowest BCUT2D eigenvalue weighted by molar-refractivity contribution is 0.0523. The molecule has 1 N–H and O–H groups in total. The number of pyridine rings is 1. The maximum absolute atomic E-state index is 13.1. The molecular formula is C22H24N4O4. The Hall–Kier alpha value is -3.55. The summed E-state index contributed by atoms with van der Waals surface area (Å²) in [5.74, 6) is -0.678. The van der Waals surface area contributed by atoms with Gasteiger partial charge in [0, 0.05) is 44.8 Å². The van der Waals surface area contributed by atoms with Crippen LogP contribution in [-0.4, -0.2) is 59.1 Å². The van der Waals surface area contributed by atoms with Crippen LogP contribution in [0.4, 0.5) is 5.69 Å². The molecule has 0 radical (unpaired) electrons. The lowest BCUT2D eigenvalue weighted by Gasteiger charge is -2.37. The van der Waals surface area contributed by atoms with Crippen molar-refractivity contribution in [1.29, 1.82) is 0 Å². The van der Waals surface area contributed by atoms with E-state index in [9.17, 15) is 14.4 Å². The number of carbonyl (C=O) groups excluding carboxylic acids is 2. The lowest BCUT2D eigenvalue weighted by Crippen LogP contribution is -2.49. The van der Waals surface area contributed by atoms with Crippen molar-refractivity contribution in [2.45, 2.75) is 6.92 Å². The van der Waals surface area contributed by atoms with Crippen LogP contribution >= 0.6 is 0 Å². The number of amides is 1. The molecule has 8 heteroatoms. The van der Waals surface area contributed by atoms with Crippen molar-refractivity contribution in [3.05, 3.63) is 64.2 Å². The van der Waals surface area contributed by atoms with Crippen LogP contribution in [-0.2, 0) is 11.8 Å². The van der Waals surface area contributed by atoms with Crippen molar-refractivity contribution in [2.24, 2.45) is 7.05 Å². The Morgan fingerprint density at radius 2 is 1.80 bits per heavy atom. The molecule has 4 rings (SSSR count). The van der Waals surface area contributed by atoms with Crippen molar-refractivity contribution in [3.8, 4) is 0 Å². The summed E-state index contributed by atoms with van der Waals surface area (Å²) in [6.45, 7) is 3.90. The fourth-order valence-electron chi connectivity index (χ4n) is 3.96. The highest BCUT2D eigenvalue weighted by Crippen LogP contribution is 2.30. The van der Waals surface area contributed by atoms with Gasteiger partial charge in [-0.15, -0.1) is 0 Å². The third kappa shape index (κ3) is 3.34. The molecule has 1 aliphatic heterocycles. The molecule has 0 bridgehead atoms. The van der Waals surface area contributed by atoms with Gasteiger partial charge < -0.3 is 24.1 Å². The molecule has 1 saturated heterocycles. The monoisotopic (exact) mass is 408 g/mol. The fraction of sp³-hybridized carbons (Fsp3) is 0.318. The van der Waals surface area contributed by atoms with Gasteiger partial charge in [0.1, 0.15) is 11.3 Å². The van der Waals surface area contributed by atoms with Crippen LogP contribution in [0, 0.1) is 0 Å². The molecule has 0 unspecified atom stereocenters. The number of fused-ring (bicyclic) bond motifs is 1. The summed E-state index contributed by atoms with van der Waals surface area (Å²) in [6, 6.07) is 11.1. The topological polar surface area (TPSA) is 87.6 Å². The molecule has 0 saturated carbocycles. The zero-order valence-corrected chi connectivity index (χ0v) is 17.1. The summed E-state index contributed by atoms with van der Waals surface area (Å²) < 4.78 is 6.69. The summed E-state index contributed by atoms with van der Waals surface area (Å²) in [4.78, 5) is 45.1. The Morgan fingerprint density at radius 3 is 2.47 bits per heavy atom. The van der Waals surface area contributed by atoms with Crippen molar-refractivity contribution in [2.75, 3.05) is 37.7 Å². The Balaban J connectivity index is 1.72. The summed E-state index contributed by atoms with van der Waals surface area (Å²) in [5, 5.41) is 0.812. The number of nitrogens with zero attached hydrogens (tertiary/aromatic N) is 3. The number of hydrogen-bond donors (Lipinski definition) is 1. The fourth-order valence-corrected chi connectivity index (χ4v) is 3.96. The standard InChI is InChI=1S/C22H24N4O4/c1-3-30-22(29)18-19(15-7-4-5-9-17(15)24(2)21(18)28)25-11-13-26(14-12-25)20(27)16-8-6-10-23-16/h4-10,23H,3,11-14H2,1-2H3. The molecule has 0 aliphatic carbocycles. The molecule has 2 aromatic heterocycles. The highest BCUT2D eigenvalue weighted by molar-refractivity contribution is 6.05. The van der Waals surface area contributed by atoms with Crippen LogP contribution in [0.1, 0.15) is 27.8 Å². The molecule has 3 aromatic rings. The van der Waals surface area contributed by atoms with E-state index in [0.29, 0.717) is 37.6 Å². The van der Waals surface area contributed by atoms with E-state index in [0.717, 1.165) is 10.9 Å². The van der Waals surface area contributed by atoms with Crippen molar-refractivity contribution in [1.82, 2.24) is 14.5 Å². The molecule has 0 spiro atoms. The van der Waals surface area contributed by atoms with Gasteiger partial charge in [0.15, 0.2) is 0 Å². The summed E-state index contributed by atoms with van der Waals surface area (Å²) in [6.07, 6.45) is 1.72. The minimum atomic E-state index is -0.622. The van der Waals surface area contributed by atoms with Crippen molar-refractivity contribution in [3.63, 3.8) is 0 Å². The number of H-pyrrole nitrogens is 1. The third-order valence-electron chi connectivity index (χ3n) is 5.47. The van der Waals surface area contributed by atoms with Crippen LogP contribution in [0.5, 0.6) is 0 Å². The largest absolute Gasteiger partial charge is 0.462 e. The van der Waals surface area contributed by atoms with Crippen LogP contribution in [0.2, 0.25) is 0 Å². The SMILES string of the molecule is CCOC(=O)c1c(N2CCN(C(=O)c3ccc[nH]3)CC2)c2ccccc2n(C)c1=O. The first-order valence-electron chi connectivity index (χ1n) is 9.99. The van der Waals surface area contributed by atoms with E-state index in [4.69, 9.17) is 4.74 Å². The molecule has 1 aliphatic rings. The number of aromatic amines is 1. The van der Waals surface area contributed by atoms with Gasteiger partial charge in [-0.05, 0) is 25.1 Å². The molecule has 1 fully saturated rings. The number of rotatable bonds is 4. The number of para-hydroxylation sites is 1. The van der Waals surface area contributed by atoms with E-state index in [-0.39, 0.29) is 23.6 Å². The molecular weight excluding hydrogens is 384 g/mol. The summed E-state index contributed by atoms with van der Waals surface area (Å²) in [7, 11) is 1.66. The van der Waals surface area contributed by atoms with Gasteiger partial charge in [-0.1, -0.05) is 18.2 Å². The number of benzene rings is 1. The van der Waals surface area contributed by atoms with E-state index < -0.39 is 5.97 Å². The van der Waals surface area contributed by atoms with Gasteiger partial charge in [-0.25, -0.2) is 4.79 Å². The van der Waals surface area contributed by atoms with Gasteiger partial charge in [-0.2, -0.15) is 0 Å². The molecule has 3 heterocycles. The molecule has 0 atom stereocenters. The normalized spacial score (nSPS) is 14.2. The van der Waals surface area contributed by atoms with Gasteiger partial charge in [0.05, 0.1) is 17.8 Å².